The van der Waals surface area contributed by atoms with Crippen molar-refractivity contribution in [3.05, 3.63) is 12.2 Å². The molecule has 5 heteroatoms. The lowest BCUT2D eigenvalue weighted by atomic mass is 10.5. The zero-order valence-electron chi connectivity index (χ0n) is 8.06. The average molecular weight is 202 g/mol. The van der Waals surface area contributed by atoms with E-state index in [-0.39, 0.29) is 6.61 Å². The van der Waals surface area contributed by atoms with E-state index in [0.29, 0.717) is 13.2 Å². The summed E-state index contributed by atoms with van der Waals surface area (Å²) in [4.78, 5) is 20.8. The summed E-state index contributed by atoms with van der Waals surface area (Å²) in [5.74, 6) is -1.85. The summed E-state index contributed by atoms with van der Waals surface area (Å²) in [6.07, 6.45) is 2.50. The van der Waals surface area contributed by atoms with E-state index in [1.54, 1.807) is 0 Å². The molecule has 0 saturated heterocycles. The minimum absolute atomic E-state index is 0.142. The topological polar surface area (TPSA) is 72.8 Å². The highest BCUT2D eigenvalue weighted by atomic mass is 16.6. The van der Waals surface area contributed by atoms with Crippen LogP contribution >= 0.6 is 0 Å². The second kappa shape index (κ2) is 8.25. The Balaban J connectivity index is 3.40. The van der Waals surface area contributed by atoms with Gasteiger partial charge in [-0.05, 0) is 6.42 Å². The molecule has 0 bridgehead atoms. The summed E-state index contributed by atoms with van der Waals surface area (Å²) in [5.41, 5.74) is 0. The van der Waals surface area contributed by atoms with Crippen molar-refractivity contribution < 1.29 is 24.2 Å². The standard InChI is InChI=1S/C9H14O5/c1-2-5-13-6-7-14-9(12)4-3-8(10)11/h3-4H,2,5-7H2,1H3,(H,10,11)/b4-3-. The van der Waals surface area contributed by atoms with Crippen LogP contribution in [0.4, 0.5) is 0 Å². The Morgan fingerprint density at radius 2 is 1.93 bits per heavy atom. The molecule has 0 radical (unpaired) electrons. The molecule has 80 valence electrons. The maximum absolute atomic E-state index is 10.8. The van der Waals surface area contributed by atoms with Gasteiger partial charge in [0.15, 0.2) is 0 Å². The molecule has 0 aromatic carbocycles. The van der Waals surface area contributed by atoms with Crippen molar-refractivity contribution in [1.82, 2.24) is 0 Å². The van der Waals surface area contributed by atoms with Crippen LogP contribution in [0, 0.1) is 0 Å². The first-order valence-electron chi connectivity index (χ1n) is 4.32. The number of aliphatic carboxylic acids is 1. The number of ether oxygens (including phenoxy) is 2. The first kappa shape index (κ1) is 12.6. The van der Waals surface area contributed by atoms with Gasteiger partial charge in [-0.25, -0.2) is 9.59 Å². The van der Waals surface area contributed by atoms with E-state index in [1.165, 1.54) is 0 Å². The molecule has 0 spiro atoms. The van der Waals surface area contributed by atoms with Gasteiger partial charge in [0.05, 0.1) is 6.61 Å². The number of carboxylic acid groups (broad SMARTS) is 1. The van der Waals surface area contributed by atoms with Crippen LogP contribution in [0.1, 0.15) is 13.3 Å². The lowest BCUT2D eigenvalue weighted by molar-refractivity contribution is -0.140. The molecule has 14 heavy (non-hydrogen) atoms. The van der Waals surface area contributed by atoms with Gasteiger partial charge in [0.2, 0.25) is 0 Å². The van der Waals surface area contributed by atoms with E-state index in [1.807, 2.05) is 6.92 Å². The predicted molar refractivity (Wildman–Crippen MR) is 48.8 cm³/mol. The first-order chi connectivity index (χ1) is 6.66. The molecule has 0 saturated carbocycles. The largest absolute Gasteiger partial charge is 0.478 e. The minimum Gasteiger partial charge on any atom is -0.478 e. The molecule has 0 aliphatic heterocycles. The summed E-state index contributed by atoms with van der Waals surface area (Å²) in [5, 5.41) is 8.18. The molecule has 1 N–H and O–H groups in total. The predicted octanol–water partition coefficient (Wildman–Crippen LogP) is 0.597. The van der Waals surface area contributed by atoms with Crippen LogP contribution in [0.15, 0.2) is 12.2 Å². The highest BCUT2D eigenvalue weighted by molar-refractivity contribution is 5.90. The molecule has 0 unspecified atom stereocenters. The van der Waals surface area contributed by atoms with E-state index in [0.717, 1.165) is 18.6 Å². The van der Waals surface area contributed by atoms with Gasteiger partial charge >= 0.3 is 11.9 Å². The fourth-order valence-corrected chi connectivity index (χ4v) is 0.635. The number of carboxylic acids is 1. The molecule has 0 rings (SSSR count). The maximum Gasteiger partial charge on any atom is 0.331 e. The number of esters is 1. The van der Waals surface area contributed by atoms with Gasteiger partial charge in [0.1, 0.15) is 6.61 Å². The van der Waals surface area contributed by atoms with Crippen LogP contribution in [0.5, 0.6) is 0 Å². The van der Waals surface area contributed by atoms with Crippen molar-refractivity contribution in [2.45, 2.75) is 13.3 Å². The van der Waals surface area contributed by atoms with Crippen molar-refractivity contribution in [3.63, 3.8) is 0 Å². The van der Waals surface area contributed by atoms with E-state index in [2.05, 4.69) is 4.74 Å². The summed E-state index contributed by atoms with van der Waals surface area (Å²) in [7, 11) is 0. The van der Waals surface area contributed by atoms with E-state index in [4.69, 9.17) is 9.84 Å². The molecule has 0 aliphatic carbocycles. The molecule has 0 heterocycles. The van der Waals surface area contributed by atoms with Crippen LogP contribution in [0.25, 0.3) is 0 Å². The molecular formula is C9H14O5. The Labute approximate surface area is 82.3 Å². The Morgan fingerprint density at radius 3 is 2.50 bits per heavy atom. The second-order valence-electron chi connectivity index (χ2n) is 2.45. The summed E-state index contributed by atoms with van der Waals surface area (Å²) >= 11 is 0. The normalized spacial score (nSPS) is 10.4. The third kappa shape index (κ3) is 8.73. The van der Waals surface area contributed by atoms with Crippen LogP contribution in [0.3, 0.4) is 0 Å². The van der Waals surface area contributed by atoms with Crippen molar-refractivity contribution in [2.75, 3.05) is 19.8 Å². The number of rotatable bonds is 7. The quantitative estimate of drug-likeness (QED) is 0.371. The summed E-state index contributed by atoms with van der Waals surface area (Å²) < 4.78 is 9.67. The third-order valence-corrected chi connectivity index (χ3v) is 1.18. The highest BCUT2D eigenvalue weighted by Crippen LogP contribution is 1.85. The fraction of sp³-hybridized carbons (Fsp3) is 0.556. The fourth-order valence-electron chi connectivity index (χ4n) is 0.635. The van der Waals surface area contributed by atoms with Gasteiger partial charge in [-0.15, -0.1) is 0 Å². The molecule has 0 aromatic rings. The van der Waals surface area contributed by atoms with Crippen LogP contribution < -0.4 is 0 Å². The van der Waals surface area contributed by atoms with E-state index < -0.39 is 11.9 Å². The second-order valence-corrected chi connectivity index (χ2v) is 2.45. The zero-order valence-corrected chi connectivity index (χ0v) is 8.06. The third-order valence-electron chi connectivity index (χ3n) is 1.18. The lowest BCUT2D eigenvalue weighted by Gasteiger charge is -2.02. The van der Waals surface area contributed by atoms with E-state index in [9.17, 15) is 9.59 Å². The van der Waals surface area contributed by atoms with Gasteiger partial charge in [0.25, 0.3) is 0 Å². The Hall–Kier alpha value is -1.36. The number of carbonyl (C=O) groups excluding carboxylic acids is 1. The van der Waals surface area contributed by atoms with Crippen LogP contribution in [0.2, 0.25) is 0 Å². The SMILES string of the molecule is CCCOCCOC(=O)/C=C\C(=O)O. The highest BCUT2D eigenvalue weighted by Gasteiger charge is 1.97. The van der Waals surface area contributed by atoms with Gasteiger partial charge in [-0.3, -0.25) is 0 Å². The molecule has 0 atom stereocenters. The lowest BCUT2D eigenvalue weighted by Crippen LogP contribution is -2.09. The van der Waals surface area contributed by atoms with Crippen LogP contribution in [-0.2, 0) is 19.1 Å². The maximum atomic E-state index is 10.8. The smallest absolute Gasteiger partial charge is 0.331 e. The van der Waals surface area contributed by atoms with Crippen LogP contribution in [-0.4, -0.2) is 36.9 Å². The van der Waals surface area contributed by atoms with Crippen molar-refractivity contribution in [2.24, 2.45) is 0 Å². The van der Waals surface area contributed by atoms with Gasteiger partial charge in [-0.1, -0.05) is 6.92 Å². The van der Waals surface area contributed by atoms with Crippen molar-refractivity contribution in [1.29, 1.82) is 0 Å². The number of hydrogen-bond donors (Lipinski definition) is 1. The molecular weight excluding hydrogens is 188 g/mol. The molecule has 5 nitrogen and oxygen atoms in total. The van der Waals surface area contributed by atoms with Gasteiger partial charge in [-0.2, -0.15) is 0 Å². The molecule has 0 aliphatic rings. The summed E-state index contributed by atoms with van der Waals surface area (Å²) in [6.45, 7) is 3.08. The molecule has 0 amide bonds. The van der Waals surface area contributed by atoms with Gasteiger partial charge in [0, 0.05) is 18.8 Å². The Kier molecular flexibility index (Phi) is 7.45. The first-order valence-corrected chi connectivity index (χ1v) is 4.32. The zero-order chi connectivity index (χ0) is 10.8. The minimum atomic E-state index is -1.18. The molecule has 0 aromatic heterocycles. The Bertz CT molecular complexity index is 209. The average Bonchev–Trinajstić information content (AvgIpc) is 2.14. The van der Waals surface area contributed by atoms with Crippen molar-refractivity contribution >= 4 is 11.9 Å². The van der Waals surface area contributed by atoms with E-state index >= 15 is 0 Å². The van der Waals surface area contributed by atoms with Gasteiger partial charge < -0.3 is 14.6 Å². The summed E-state index contributed by atoms with van der Waals surface area (Å²) in [6, 6.07) is 0. The number of hydrogen-bond acceptors (Lipinski definition) is 4. The van der Waals surface area contributed by atoms with Crippen molar-refractivity contribution in [3.8, 4) is 0 Å². The molecule has 0 fully saturated rings. The monoisotopic (exact) mass is 202 g/mol. The number of carbonyl (C=O) groups is 2. The Morgan fingerprint density at radius 1 is 1.21 bits per heavy atom.